The first-order valence-corrected chi connectivity index (χ1v) is 5.82. The number of hydrogen-bond acceptors (Lipinski definition) is 2. The first kappa shape index (κ1) is 11.8. The molecule has 0 saturated heterocycles. The maximum absolute atomic E-state index is 11.5. The molecule has 0 heterocycles. The average Bonchev–Trinajstić information content (AvgIpc) is 3.07. The number of halogens is 1. The van der Waals surface area contributed by atoms with Crippen LogP contribution in [0.15, 0.2) is 30.5 Å². The minimum Gasteiger partial charge on any atom is -0.398 e. The molecule has 1 aromatic carbocycles. The van der Waals surface area contributed by atoms with Crippen LogP contribution in [0.25, 0.3) is 0 Å². The van der Waals surface area contributed by atoms with E-state index in [4.69, 9.17) is 17.3 Å². The number of nitrogens with two attached hydrogens (primary N) is 1. The van der Waals surface area contributed by atoms with Gasteiger partial charge in [0.2, 0.25) is 0 Å². The summed E-state index contributed by atoms with van der Waals surface area (Å²) in [4.78, 5) is 11.5. The number of rotatable bonds is 3. The van der Waals surface area contributed by atoms with Crippen LogP contribution in [0.4, 0.5) is 16.2 Å². The zero-order valence-electron chi connectivity index (χ0n) is 9.24. The van der Waals surface area contributed by atoms with Crippen molar-refractivity contribution in [2.45, 2.75) is 12.8 Å². The topological polar surface area (TPSA) is 67.1 Å². The van der Waals surface area contributed by atoms with E-state index in [0.717, 1.165) is 0 Å². The SMILES string of the molecule is Nc1ccc(NC(=O)N/C=C/C2CC2)cc1Cl. The second-order valence-electron chi connectivity index (χ2n) is 4.03. The predicted octanol–water partition coefficient (Wildman–Crippen LogP) is 2.97. The van der Waals surface area contributed by atoms with E-state index in [1.165, 1.54) is 12.8 Å². The summed E-state index contributed by atoms with van der Waals surface area (Å²) in [5, 5.41) is 5.72. The van der Waals surface area contributed by atoms with Gasteiger partial charge in [0.1, 0.15) is 0 Å². The highest BCUT2D eigenvalue weighted by molar-refractivity contribution is 6.33. The quantitative estimate of drug-likeness (QED) is 0.723. The Labute approximate surface area is 105 Å². The number of nitrogen functional groups attached to an aromatic ring is 1. The summed E-state index contributed by atoms with van der Waals surface area (Å²) in [5.41, 5.74) is 6.67. The third-order valence-electron chi connectivity index (χ3n) is 2.46. The molecule has 2 rings (SSSR count). The van der Waals surface area contributed by atoms with E-state index in [9.17, 15) is 4.79 Å². The first-order chi connectivity index (χ1) is 8.15. The molecule has 0 spiro atoms. The van der Waals surface area contributed by atoms with Gasteiger partial charge in [0.15, 0.2) is 0 Å². The summed E-state index contributed by atoms with van der Waals surface area (Å²) in [6.07, 6.45) is 6.10. The second-order valence-corrected chi connectivity index (χ2v) is 4.44. The summed E-state index contributed by atoms with van der Waals surface area (Å²) < 4.78 is 0. The van der Waals surface area contributed by atoms with Crippen LogP contribution in [-0.2, 0) is 0 Å². The summed E-state index contributed by atoms with van der Waals surface area (Å²) in [7, 11) is 0. The molecule has 0 aliphatic heterocycles. The second kappa shape index (κ2) is 5.10. The Balaban J connectivity index is 1.86. The number of anilines is 2. The number of carbonyl (C=O) groups is 1. The van der Waals surface area contributed by atoms with Gasteiger partial charge in [-0.15, -0.1) is 0 Å². The molecule has 2 amide bonds. The van der Waals surface area contributed by atoms with E-state index >= 15 is 0 Å². The minimum atomic E-state index is -0.289. The molecule has 0 radical (unpaired) electrons. The fraction of sp³-hybridized carbons (Fsp3) is 0.250. The van der Waals surface area contributed by atoms with Crippen LogP contribution in [0.5, 0.6) is 0 Å². The Hall–Kier alpha value is -1.68. The lowest BCUT2D eigenvalue weighted by Gasteiger charge is -2.06. The average molecular weight is 252 g/mol. The summed E-state index contributed by atoms with van der Waals surface area (Å²) >= 11 is 5.84. The zero-order chi connectivity index (χ0) is 12.3. The van der Waals surface area contributed by atoms with Gasteiger partial charge in [-0.3, -0.25) is 0 Å². The maximum atomic E-state index is 11.5. The molecule has 1 saturated carbocycles. The molecule has 0 bridgehead atoms. The number of nitrogens with one attached hydrogen (secondary N) is 2. The summed E-state index contributed by atoms with van der Waals surface area (Å²) in [6, 6.07) is 4.67. The van der Waals surface area contributed by atoms with Gasteiger partial charge >= 0.3 is 6.03 Å². The first-order valence-electron chi connectivity index (χ1n) is 5.44. The normalized spacial score (nSPS) is 14.9. The molecule has 4 nitrogen and oxygen atoms in total. The maximum Gasteiger partial charge on any atom is 0.323 e. The van der Waals surface area contributed by atoms with E-state index in [0.29, 0.717) is 22.3 Å². The van der Waals surface area contributed by atoms with Crippen molar-refractivity contribution < 1.29 is 4.79 Å². The molecule has 90 valence electrons. The standard InChI is InChI=1S/C12H14ClN3O/c13-10-7-9(3-4-11(10)14)16-12(17)15-6-5-8-1-2-8/h3-8H,1-2,14H2,(H2,15,16,17)/b6-5+. The van der Waals surface area contributed by atoms with Crippen molar-refractivity contribution in [2.24, 2.45) is 5.92 Å². The fourth-order valence-electron chi connectivity index (χ4n) is 1.32. The molecule has 4 N–H and O–H groups in total. The molecule has 5 heteroatoms. The van der Waals surface area contributed by atoms with Crippen molar-refractivity contribution in [1.29, 1.82) is 0 Å². The Bertz CT molecular complexity index is 455. The van der Waals surface area contributed by atoms with Gasteiger partial charge in [-0.05, 0) is 37.0 Å². The minimum absolute atomic E-state index is 0.289. The number of amides is 2. The van der Waals surface area contributed by atoms with E-state index in [1.54, 1.807) is 24.4 Å². The van der Waals surface area contributed by atoms with Crippen LogP contribution in [0.3, 0.4) is 0 Å². The molecule has 0 aromatic heterocycles. The summed E-state index contributed by atoms with van der Waals surface area (Å²) in [5.74, 6) is 0.640. The van der Waals surface area contributed by atoms with Crippen LogP contribution in [0, 0.1) is 5.92 Å². The predicted molar refractivity (Wildman–Crippen MR) is 69.9 cm³/mol. The van der Waals surface area contributed by atoms with Gasteiger partial charge in [0.05, 0.1) is 10.7 Å². The van der Waals surface area contributed by atoms with Crippen LogP contribution in [0.1, 0.15) is 12.8 Å². The van der Waals surface area contributed by atoms with Crippen molar-refractivity contribution in [2.75, 3.05) is 11.1 Å². The van der Waals surface area contributed by atoms with E-state index in [2.05, 4.69) is 10.6 Å². The monoisotopic (exact) mass is 251 g/mol. The Kier molecular flexibility index (Phi) is 3.54. The lowest BCUT2D eigenvalue weighted by molar-refractivity contribution is 0.255. The molecular formula is C12H14ClN3O. The third kappa shape index (κ3) is 3.67. The van der Waals surface area contributed by atoms with Crippen molar-refractivity contribution in [3.8, 4) is 0 Å². The van der Waals surface area contributed by atoms with Gasteiger partial charge in [-0.2, -0.15) is 0 Å². The molecule has 1 aromatic rings. The molecule has 1 aliphatic carbocycles. The smallest absolute Gasteiger partial charge is 0.323 e. The number of carbonyl (C=O) groups excluding carboxylic acids is 1. The molecule has 17 heavy (non-hydrogen) atoms. The largest absolute Gasteiger partial charge is 0.398 e. The van der Waals surface area contributed by atoms with Crippen molar-refractivity contribution >= 4 is 29.0 Å². The van der Waals surface area contributed by atoms with E-state index in [1.807, 2.05) is 6.08 Å². The highest BCUT2D eigenvalue weighted by Crippen LogP contribution is 2.29. The van der Waals surface area contributed by atoms with Crippen molar-refractivity contribution in [3.05, 3.63) is 35.5 Å². The fourth-order valence-corrected chi connectivity index (χ4v) is 1.50. The van der Waals surface area contributed by atoms with Crippen molar-refractivity contribution in [3.63, 3.8) is 0 Å². The van der Waals surface area contributed by atoms with Gasteiger partial charge in [0, 0.05) is 11.9 Å². The highest BCUT2D eigenvalue weighted by Gasteiger charge is 2.17. The number of urea groups is 1. The zero-order valence-corrected chi connectivity index (χ0v) is 10.00. The highest BCUT2D eigenvalue weighted by atomic mass is 35.5. The number of hydrogen-bond donors (Lipinski definition) is 3. The number of benzene rings is 1. The molecule has 1 fully saturated rings. The van der Waals surface area contributed by atoms with E-state index < -0.39 is 0 Å². The van der Waals surface area contributed by atoms with Gasteiger partial charge in [-0.1, -0.05) is 17.7 Å². The lowest BCUT2D eigenvalue weighted by Crippen LogP contribution is -2.23. The van der Waals surface area contributed by atoms with Crippen LogP contribution >= 0.6 is 11.6 Å². The summed E-state index contributed by atoms with van der Waals surface area (Å²) in [6.45, 7) is 0. The lowest BCUT2D eigenvalue weighted by atomic mass is 10.3. The van der Waals surface area contributed by atoms with Crippen LogP contribution < -0.4 is 16.4 Å². The van der Waals surface area contributed by atoms with Gasteiger partial charge in [0.25, 0.3) is 0 Å². The van der Waals surface area contributed by atoms with E-state index in [-0.39, 0.29) is 6.03 Å². The molecule has 0 atom stereocenters. The molecule has 1 aliphatic rings. The van der Waals surface area contributed by atoms with Crippen LogP contribution in [-0.4, -0.2) is 6.03 Å². The van der Waals surface area contributed by atoms with Gasteiger partial charge < -0.3 is 16.4 Å². The van der Waals surface area contributed by atoms with Crippen LogP contribution in [0.2, 0.25) is 5.02 Å². The third-order valence-corrected chi connectivity index (χ3v) is 2.79. The number of allylic oxidation sites excluding steroid dienone is 1. The Morgan fingerprint density at radius 1 is 1.47 bits per heavy atom. The Morgan fingerprint density at radius 2 is 2.24 bits per heavy atom. The Morgan fingerprint density at radius 3 is 2.88 bits per heavy atom. The van der Waals surface area contributed by atoms with Crippen molar-refractivity contribution in [1.82, 2.24) is 5.32 Å². The molecule has 0 unspecified atom stereocenters. The molecular weight excluding hydrogens is 238 g/mol. The van der Waals surface area contributed by atoms with Gasteiger partial charge in [-0.25, -0.2) is 4.79 Å².